The molecule has 1 aromatic heterocycles. The lowest BCUT2D eigenvalue weighted by Crippen LogP contribution is -2.17. The molecule has 0 aliphatic carbocycles. The quantitative estimate of drug-likeness (QED) is 0.445. The first-order valence-corrected chi connectivity index (χ1v) is 9.79. The van der Waals surface area contributed by atoms with E-state index in [1.165, 1.54) is 35.1 Å². The molecule has 0 saturated carbocycles. The Morgan fingerprint density at radius 1 is 1.26 bits per heavy atom. The number of rotatable bonds is 5. The van der Waals surface area contributed by atoms with E-state index in [0.717, 1.165) is 29.6 Å². The van der Waals surface area contributed by atoms with E-state index >= 15 is 0 Å². The lowest BCUT2D eigenvalue weighted by atomic mass is 10.2. The number of hydrogen-bond donors (Lipinski definition) is 0. The van der Waals surface area contributed by atoms with Crippen molar-refractivity contribution >= 4 is 44.7 Å². The Hall–Kier alpha value is -2.51. The second-order valence-electron chi connectivity index (χ2n) is 6.03. The summed E-state index contributed by atoms with van der Waals surface area (Å²) in [6.07, 6.45) is 1.82. The van der Waals surface area contributed by atoms with Crippen LogP contribution in [-0.2, 0) is 13.0 Å². The van der Waals surface area contributed by atoms with Crippen LogP contribution in [0.25, 0.3) is 10.2 Å². The summed E-state index contributed by atoms with van der Waals surface area (Å²) in [7, 11) is 0. The summed E-state index contributed by atoms with van der Waals surface area (Å²) in [5, 5.41) is 11.1. The van der Waals surface area contributed by atoms with Gasteiger partial charge in [-0.15, -0.1) is 0 Å². The SMILES string of the molecule is CCCn1c(=NC(=O)c2cc([N+](=O)[O-])ccc2Cl)sc2cc(CC)ccc21. The standard InChI is InChI=1S/C19H18ClN3O3S/c1-3-9-22-16-8-5-12(4-2)10-17(16)27-19(22)21-18(24)14-11-13(23(25)26)6-7-15(14)20/h5-8,10-11H,3-4,9H2,1-2H3. The van der Waals surface area contributed by atoms with Gasteiger partial charge in [0.1, 0.15) is 0 Å². The summed E-state index contributed by atoms with van der Waals surface area (Å²) in [5.74, 6) is -0.587. The number of thiazole rings is 1. The largest absolute Gasteiger partial charge is 0.316 e. The number of aryl methyl sites for hydroxylation is 2. The molecule has 0 saturated heterocycles. The average molecular weight is 404 g/mol. The molecule has 0 fully saturated rings. The van der Waals surface area contributed by atoms with Crippen molar-refractivity contribution in [2.45, 2.75) is 33.2 Å². The number of nitro benzene ring substituents is 1. The normalized spacial score (nSPS) is 11.9. The molecule has 0 spiro atoms. The fourth-order valence-corrected chi connectivity index (χ4v) is 4.12. The van der Waals surface area contributed by atoms with Crippen molar-refractivity contribution in [1.29, 1.82) is 0 Å². The lowest BCUT2D eigenvalue weighted by Gasteiger charge is -2.04. The zero-order valence-corrected chi connectivity index (χ0v) is 16.5. The number of nitro groups is 1. The Morgan fingerprint density at radius 3 is 2.70 bits per heavy atom. The minimum atomic E-state index is -0.587. The molecule has 140 valence electrons. The molecule has 1 heterocycles. The highest BCUT2D eigenvalue weighted by Crippen LogP contribution is 2.24. The van der Waals surface area contributed by atoms with E-state index in [-0.39, 0.29) is 16.3 Å². The number of carbonyl (C=O) groups excluding carboxylic acids is 1. The van der Waals surface area contributed by atoms with Crippen LogP contribution in [0.15, 0.2) is 41.4 Å². The summed E-state index contributed by atoms with van der Waals surface area (Å²) in [6, 6.07) is 10.0. The minimum Gasteiger partial charge on any atom is -0.316 e. The Kier molecular flexibility index (Phi) is 5.72. The molecule has 8 heteroatoms. The second kappa shape index (κ2) is 8.02. The lowest BCUT2D eigenvalue weighted by molar-refractivity contribution is -0.384. The molecule has 3 rings (SSSR count). The van der Waals surface area contributed by atoms with E-state index in [0.29, 0.717) is 4.80 Å². The van der Waals surface area contributed by atoms with Gasteiger partial charge in [-0.2, -0.15) is 4.99 Å². The summed E-state index contributed by atoms with van der Waals surface area (Å²) in [4.78, 5) is 27.9. The van der Waals surface area contributed by atoms with Gasteiger partial charge in [0.05, 0.1) is 25.7 Å². The van der Waals surface area contributed by atoms with Crippen LogP contribution in [0, 0.1) is 10.1 Å². The van der Waals surface area contributed by atoms with Gasteiger partial charge in [-0.25, -0.2) is 0 Å². The Labute approximate surface area is 164 Å². The van der Waals surface area contributed by atoms with Crippen molar-refractivity contribution in [3.63, 3.8) is 0 Å². The first-order chi connectivity index (χ1) is 12.9. The highest BCUT2D eigenvalue weighted by atomic mass is 35.5. The Bertz CT molecular complexity index is 1100. The number of halogens is 1. The number of amides is 1. The van der Waals surface area contributed by atoms with Crippen LogP contribution in [0.4, 0.5) is 5.69 Å². The molecule has 27 heavy (non-hydrogen) atoms. The van der Waals surface area contributed by atoms with E-state index in [2.05, 4.69) is 31.0 Å². The van der Waals surface area contributed by atoms with Crippen molar-refractivity contribution in [3.05, 3.63) is 67.5 Å². The number of benzene rings is 2. The van der Waals surface area contributed by atoms with E-state index in [1.807, 2.05) is 10.6 Å². The maximum Gasteiger partial charge on any atom is 0.281 e. The fourth-order valence-electron chi connectivity index (χ4n) is 2.80. The van der Waals surface area contributed by atoms with Gasteiger partial charge in [-0.3, -0.25) is 14.9 Å². The third kappa shape index (κ3) is 3.94. The smallest absolute Gasteiger partial charge is 0.281 e. The van der Waals surface area contributed by atoms with Crippen molar-refractivity contribution in [3.8, 4) is 0 Å². The summed E-state index contributed by atoms with van der Waals surface area (Å²) in [6.45, 7) is 4.87. The van der Waals surface area contributed by atoms with Gasteiger partial charge in [0.15, 0.2) is 4.80 Å². The van der Waals surface area contributed by atoms with Gasteiger partial charge >= 0.3 is 0 Å². The maximum atomic E-state index is 12.7. The predicted molar refractivity (Wildman–Crippen MR) is 107 cm³/mol. The zero-order chi connectivity index (χ0) is 19.6. The van der Waals surface area contributed by atoms with Gasteiger partial charge in [0.2, 0.25) is 0 Å². The van der Waals surface area contributed by atoms with Crippen molar-refractivity contribution < 1.29 is 9.72 Å². The van der Waals surface area contributed by atoms with E-state index < -0.39 is 10.8 Å². The van der Waals surface area contributed by atoms with Gasteiger partial charge in [0, 0.05) is 18.7 Å². The number of hydrogen-bond acceptors (Lipinski definition) is 4. The van der Waals surface area contributed by atoms with Crippen LogP contribution in [0.2, 0.25) is 5.02 Å². The number of non-ortho nitro benzene ring substituents is 1. The van der Waals surface area contributed by atoms with Crippen LogP contribution in [0.3, 0.4) is 0 Å². The monoisotopic (exact) mass is 403 g/mol. The molecule has 6 nitrogen and oxygen atoms in total. The molecule has 0 N–H and O–H groups in total. The third-order valence-corrected chi connectivity index (χ3v) is 5.56. The van der Waals surface area contributed by atoms with Gasteiger partial charge in [-0.1, -0.05) is 42.9 Å². The highest BCUT2D eigenvalue weighted by molar-refractivity contribution is 7.16. The summed E-state index contributed by atoms with van der Waals surface area (Å²) < 4.78 is 3.06. The molecule has 1 amide bonds. The topological polar surface area (TPSA) is 77.5 Å². The maximum absolute atomic E-state index is 12.7. The van der Waals surface area contributed by atoms with Crippen molar-refractivity contribution in [2.75, 3.05) is 0 Å². The predicted octanol–water partition coefficient (Wildman–Crippen LogP) is 4.98. The molecule has 0 radical (unpaired) electrons. The molecule has 0 aliphatic rings. The van der Waals surface area contributed by atoms with Crippen LogP contribution in [0.1, 0.15) is 36.2 Å². The van der Waals surface area contributed by atoms with Gasteiger partial charge < -0.3 is 4.57 Å². The van der Waals surface area contributed by atoms with E-state index in [9.17, 15) is 14.9 Å². The van der Waals surface area contributed by atoms with Crippen LogP contribution in [0.5, 0.6) is 0 Å². The van der Waals surface area contributed by atoms with Crippen molar-refractivity contribution in [2.24, 2.45) is 4.99 Å². The molecule has 0 atom stereocenters. The van der Waals surface area contributed by atoms with Crippen LogP contribution < -0.4 is 4.80 Å². The number of aromatic nitrogens is 1. The average Bonchev–Trinajstić information content (AvgIpc) is 2.98. The first-order valence-electron chi connectivity index (χ1n) is 8.59. The molecule has 3 aromatic rings. The molecular formula is C19H18ClN3O3S. The molecule has 2 aromatic carbocycles. The van der Waals surface area contributed by atoms with Gasteiger partial charge in [0.25, 0.3) is 11.6 Å². The number of nitrogens with zero attached hydrogens (tertiary/aromatic N) is 3. The molecule has 0 aliphatic heterocycles. The Morgan fingerprint density at radius 2 is 2.04 bits per heavy atom. The zero-order valence-electron chi connectivity index (χ0n) is 14.9. The minimum absolute atomic E-state index is 0.0284. The van der Waals surface area contributed by atoms with Crippen LogP contribution >= 0.6 is 22.9 Å². The summed E-state index contributed by atoms with van der Waals surface area (Å²) in [5.41, 5.74) is 2.08. The Balaban J connectivity index is 2.14. The van der Waals surface area contributed by atoms with E-state index in [4.69, 9.17) is 11.6 Å². The third-order valence-electron chi connectivity index (χ3n) is 4.19. The van der Waals surface area contributed by atoms with E-state index in [1.54, 1.807) is 0 Å². The van der Waals surface area contributed by atoms with Crippen LogP contribution in [-0.4, -0.2) is 15.4 Å². The second-order valence-corrected chi connectivity index (χ2v) is 7.45. The first kappa shape index (κ1) is 19.3. The summed E-state index contributed by atoms with van der Waals surface area (Å²) >= 11 is 7.51. The van der Waals surface area contributed by atoms with Crippen molar-refractivity contribution in [1.82, 2.24) is 4.57 Å². The number of carbonyl (C=O) groups is 1. The highest BCUT2D eigenvalue weighted by Gasteiger charge is 2.16. The molecule has 0 bridgehead atoms. The molecular weight excluding hydrogens is 386 g/mol. The fraction of sp³-hybridized carbons (Fsp3) is 0.263. The van der Waals surface area contributed by atoms with Gasteiger partial charge in [-0.05, 0) is 36.6 Å². The molecule has 0 unspecified atom stereocenters. The number of fused-ring (bicyclic) bond motifs is 1.